The van der Waals surface area contributed by atoms with Crippen LogP contribution in [-0.4, -0.2) is 46.2 Å². The number of unbranched alkanes of at least 4 members (excludes halogenated alkanes) is 1. The lowest BCUT2D eigenvalue weighted by atomic mass is 9.98. The van der Waals surface area contributed by atoms with Crippen LogP contribution in [0.25, 0.3) is 0 Å². The van der Waals surface area contributed by atoms with Crippen molar-refractivity contribution in [2.45, 2.75) is 46.0 Å². The molecule has 0 saturated heterocycles. The summed E-state index contributed by atoms with van der Waals surface area (Å²) < 4.78 is 5.01. The van der Waals surface area contributed by atoms with Crippen LogP contribution in [0.4, 0.5) is 11.4 Å². The third kappa shape index (κ3) is 7.59. The number of amides is 2. The molecular weight excluding hydrogens is 342 g/mol. The SMILES string of the molecule is CCCCC(CC)C(=O)Nc1ccc(N(C)C)c(C(=O)NCCCOC)c1. The normalized spacial score (nSPS) is 11.7. The van der Waals surface area contributed by atoms with Crippen molar-refractivity contribution in [3.63, 3.8) is 0 Å². The van der Waals surface area contributed by atoms with E-state index < -0.39 is 0 Å². The molecule has 0 saturated carbocycles. The van der Waals surface area contributed by atoms with Crippen LogP contribution < -0.4 is 15.5 Å². The summed E-state index contributed by atoms with van der Waals surface area (Å²) in [5.74, 6) is -0.122. The molecule has 1 atom stereocenters. The summed E-state index contributed by atoms with van der Waals surface area (Å²) in [6.45, 7) is 5.31. The standard InChI is InChI=1S/C21H35N3O3/c1-6-8-10-16(7-2)20(25)23-17-11-12-19(24(3)4)18(15-17)21(26)22-13-9-14-27-5/h11-12,15-16H,6-10,13-14H2,1-5H3,(H,22,26)(H,23,25). The van der Waals surface area contributed by atoms with Crippen molar-refractivity contribution in [2.24, 2.45) is 5.92 Å². The number of carbonyl (C=O) groups excluding carboxylic acids is 2. The lowest BCUT2D eigenvalue weighted by Gasteiger charge is -2.19. The Labute approximate surface area is 163 Å². The van der Waals surface area contributed by atoms with Crippen molar-refractivity contribution in [3.8, 4) is 0 Å². The number of hydrogen-bond donors (Lipinski definition) is 2. The van der Waals surface area contributed by atoms with E-state index in [-0.39, 0.29) is 17.7 Å². The van der Waals surface area contributed by atoms with E-state index >= 15 is 0 Å². The maximum absolute atomic E-state index is 12.6. The van der Waals surface area contributed by atoms with Crippen molar-refractivity contribution in [3.05, 3.63) is 23.8 Å². The Morgan fingerprint density at radius 1 is 1.19 bits per heavy atom. The summed E-state index contributed by atoms with van der Waals surface area (Å²) in [4.78, 5) is 27.1. The number of methoxy groups -OCH3 is 1. The maximum Gasteiger partial charge on any atom is 0.253 e. The predicted octanol–water partition coefficient (Wildman–Crippen LogP) is 3.67. The number of rotatable bonds is 12. The smallest absolute Gasteiger partial charge is 0.253 e. The lowest BCUT2D eigenvalue weighted by Crippen LogP contribution is -2.28. The average molecular weight is 378 g/mol. The summed E-state index contributed by atoms with van der Waals surface area (Å²) >= 11 is 0. The number of benzene rings is 1. The Morgan fingerprint density at radius 2 is 1.93 bits per heavy atom. The minimum atomic E-state index is -0.149. The van der Waals surface area contributed by atoms with Gasteiger partial charge in [0.05, 0.1) is 5.56 Å². The zero-order chi connectivity index (χ0) is 20.2. The Morgan fingerprint density at radius 3 is 2.52 bits per heavy atom. The van der Waals surface area contributed by atoms with E-state index in [0.717, 1.165) is 37.8 Å². The Kier molecular flexibility index (Phi) is 10.5. The van der Waals surface area contributed by atoms with Crippen molar-refractivity contribution in [1.82, 2.24) is 5.32 Å². The highest BCUT2D eigenvalue weighted by atomic mass is 16.5. The summed E-state index contributed by atoms with van der Waals surface area (Å²) in [7, 11) is 5.43. The molecule has 2 amide bonds. The van der Waals surface area contributed by atoms with E-state index in [1.165, 1.54) is 0 Å². The van der Waals surface area contributed by atoms with Gasteiger partial charge in [0.25, 0.3) is 5.91 Å². The van der Waals surface area contributed by atoms with E-state index in [2.05, 4.69) is 17.6 Å². The minimum absolute atomic E-state index is 0.00444. The maximum atomic E-state index is 12.6. The summed E-state index contributed by atoms with van der Waals surface area (Å²) in [5.41, 5.74) is 2.02. The molecule has 1 unspecified atom stereocenters. The van der Waals surface area contributed by atoms with Crippen LogP contribution in [-0.2, 0) is 9.53 Å². The molecule has 0 aliphatic carbocycles. The van der Waals surface area contributed by atoms with Gasteiger partial charge in [-0.05, 0) is 37.5 Å². The number of ether oxygens (including phenoxy) is 1. The zero-order valence-corrected chi connectivity index (χ0v) is 17.4. The first-order valence-corrected chi connectivity index (χ1v) is 9.83. The summed E-state index contributed by atoms with van der Waals surface area (Å²) in [6.07, 6.45) is 4.58. The number of nitrogens with zero attached hydrogens (tertiary/aromatic N) is 1. The molecule has 0 spiro atoms. The van der Waals surface area contributed by atoms with Crippen molar-refractivity contribution >= 4 is 23.2 Å². The molecule has 0 radical (unpaired) electrons. The minimum Gasteiger partial charge on any atom is -0.385 e. The molecule has 27 heavy (non-hydrogen) atoms. The molecule has 0 bridgehead atoms. The first-order chi connectivity index (χ1) is 12.9. The van der Waals surface area contributed by atoms with Crippen LogP contribution in [0.1, 0.15) is 56.3 Å². The molecule has 2 N–H and O–H groups in total. The second-order valence-corrected chi connectivity index (χ2v) is 6.97. The lowest BCUT2D eigenvalue weighted by molar-refractivity contribution is -0.120. The molecule has 0 heterocycles. The predicted molar refractivity (Wildman–Crippen MR) is 112 cm³/mol. The second-order valence-electron chi connectivity index (χ2n) is 6.97. The Balaban J connectivity index is 2.90. The third-order valence-electron chi connectivity index (χ3n) is 4.57. The highest BCUT2D eigenvalue weighted by Gasteiger charge is 2.18. The van der Waals surface area contributed by atoms with E-state index in [0.29, 0.717) is 24.4 Å². The van der Waals surface area contributed by atoms with E-state index in [9.17, 15) is 9.59 Å². The van der Waals surface area contributed by atoms with E-state index in [4.69, 9.17) is 4.74 Å². The molecule has 1 aromatic carbocycles. The topological polar surface area (TPSA) is 70.7 Å². The van der Waals surface area contributed by atoms with Crippen molar-refractivity contribution in [2.75, 3.05) is 44.6 Å². The van der Waals surface area contributed by atoms with Gasteiger partial charge >= 0.3 is 0 Å². The van der Waals surface area contributed by atoms with Gasteiger partial charge in [0.1, 0.15) is 0 Å². The van der Waals surface area contributed by atoms with Gasteiger partial charge in [0.2, 0.25) is 5.91 Å². The van der Waals surface area contributed by atoms with E-state index in [1.54, 1.807) is 13.2 Å². The summed E-state index contributed by atoms with van der Waals surface area (Å²) in [5, 5.41) is 5.90. The van der Waals surface area contributed by atoms with Crippen LogP contribution in [0.15, 0.2) is 18.2 Å². The van der Waals surface area contributed by atoms with Gasteiger partial charge in [-0.1, -0.05) is 26.7 Å². The van der Waals surface area contributed by atoms with Crippen molar-refractivity contribution < 1.29 is 14.3 Å². The molecule has 0 fully saturated rings. The van der Waals surface area contributed by atoms with Crippen LogP contribution in [0.5, 0.6) is 0 Å². The van der Waals surface area contributed by atoms with Gasteiger partial charge in [0, 0.05) is 51.6 Å². The molecule has 6 nitrogen and oxygen atoms in total. The van der Waals surface area contributed by atoms with Gasteiger partial charge in [-0.15, -0.1) is 0 Å². The largest absolute Gasteiger partial charge is 0.385 e. The third-order valence-corrected chi connectivity index (χ3v) is 4.57. The fourth-order valence-electron chi connectivity index (χ4n) is 2.91. The van der Waals surface area contributed by atoms with Gasteiger partial charge < -0.3 is 20.3 Å². The number of nitrogens with one attached hydrogen (secondary N) is 2. The molecule has 152 valence electrons. The fraction of sp³-hybridized carbons (Fsp3) is 0.619. The molecule has 0 aliphatic heterocycles. The molecule has 6 heteroatoms. The Bertz CT molecular complexity index is 602. The van der Waals surface area contributed by atoms with Gasteiger partial charge in [-0.2, -0.15) is 0 Å². The molecular formula is C21H35N3O3. The van der Waals surface area contributed by atoms with Gasteiger partial charge in [-0.25, -0.2) is 0 Å². The fourth-order valence-corrected chi connectivity index (χ4v) is 2.91. The first-order valence-electron chi connectivity index (χ1n) is 9.83. The number of carbonyl (C=O) groups is 2. The first kappa shape index (κ1) is 23.0. The highest BCUT2D eigenvalue weighted by Crippen LogP contribution is 2.24. The monoisotopic (exact) mass is 377 g/mol. The zero-order valence-electron chi connectivity index (χ0n) is 17.4. The highest BCUT2D eigenvalue weighted by molar-refractivity contribution is 6.02. The number of anilines is 2. The molecule has 1 aromatic rings. The Hall–Kier alpha value is -2.08. The van der Waals surface area contributed by atoms with Crippen molar-refractivity contribution in [1.29, 1.82) is 0 Å². The van der Waals surface area contributed by atoms with Crippen LogP contribution in [0.2, 0.25) is 0 Å². The van der Waals surface area contributed by atoms with Crippen LogP contribution in [0, 0.1) is 5.92 Å². The number of hydrogen-bond acceptors (Lipinski definition) is 4. The van der Waals surface area contributed by atoms with Gasteiger partial charge in [-0.3, -0.25) is 9.59 Å². The van der Waals surface area contributed by atoms with Crippen LogP contribution >= 0.6 is 0 Å². The molecule has 0 aliphatic rings. The van der Waals surface area contributed by atoms with Crippen LogP contribution in [0.3, 0.4) is 0 Å². The van der Waals surface area contributed by atoms with E-state index in [1.807, 2.05) is 38.1 Å². The van der Waals surface area contributed by atoms with Gasteiger partial charge in [0.15, 0.2) is 0 Å². The molecule has 1 rings (SSSR count). The second kappa shape index (κ2) is 12.3. The molecule has 0 aromatic heterocycles. The average Bonchev–Trinajstić information content (AvgIpc) is 2.65. The summed E-state index contributed by atoms with van der Waals surface area (Å²) in [6, 6.07) is 5.47. The quantitative estimate of drug-likeness (QED) is 0.545.